The molecule has 2 atom stereocenters. The van der Waals surface area contributed by atoms with E-state index in [4.69, 9.17) is 14.5 Å². The van der Waals surface area contributed by atoms with Crippen LogP contribution in [0.2, 0.25) is 0 Å². The highest BCUT2D eigenvalue weighted by molar-refractivity contribution is 7.21. The lowest BCUT2D eigenvalue weighted by atomic mass is 10.1. The fourth-order valence-corrected chi connectivity index (χ4v) is 6.61. The number of carbonyl (C=O) groups is 1. The van der Waals surface area contributed by atoms with Crippen LogP contribution in [-0.4, -0.2) is 47.2 Å². The highest BCUT2D eigenvalue weighted by Gasteiger charge is 2.34. The summed E-state index contributed by atoms with van der Waals surface area (Å²) < 4.78 is 41.2. The van der Waals surface area contributed by atoms with Gasteiger partial charge in [-0.3, -0.25) is 14.2 Å². The number of rotatable bonds is 9. The molecule has 0 radical (unpaired) electrons. The predicted octanol–water partition coefficient (Wildman–Crippen LogP) is 5.71. The first-order chi connectivity index (χ1) is 21.8. The quantitative estimate of drug-likeness (QED) is 0.223. The molecule has 45 heavy (non-hydrogen) atoms. The molecule has 6 rings (SSSR count). The number of ether oxygens (including phenoxy) is 2. The summed E-state index contributed by atoms with van der Waals surface area (Å²) in [5.74, 6) is -0.692. The molecule has 1 N–H and O–H groups in total. The molecule has 5 aromatic rings. The third-order valence-electron chi connectivity index (χ3n) is 7.96. The van der Waals surface area contributed by atoms with E-state index in [-0.39, 0.29) is 40.2 Å². The van der Waals surface area contributed by atoms with Gasteiger partial charge in [0.1, 0.15) is 35.0 Å². The Labute approximate surface area is 262 Å². The van der Waals surface area contributed by atoms with Crippen LogP contribution in [0.1, 0.15) is 36.9 Å². The molecule has 0 saturated carbocycles. The molecule has 1 saturated heterocycles. The van der Waals surface area contributed by atoms with Crippen LogP contribution in [0, 0.1) is 11.6 Å². The smallest absolute Gasteiger partial charge is 0.281 e. The van der Waals surface area contributed by atoms with Gasteiger partial charge in [0.15, 0.2) is 15.5 Å². The number of benzene rings is 3. The topological polar surface area (TPSA) is 98.6 Å². The molecule has 1 fully saturated rings. The van der Waals surface area contributed by atoms with Gasteiger partial charge in [0.05, 0.1) is 32.4 Å². The molecule has 12 heteroatoms. The fraction of sp³-hybridized carbons (Fsp3) is 0.273. The van der Waals surface area contributed by atoms with Crippen molar-refractivity contribution in [3.05, 3.63) is 99.8 Å². The number of hydrogen-bond acceptors (Lipinski definition) is 8. The van der Waals surface area contributed by atoms with Gasteiger partial charge < -0.3 is 19.7 Å². The minimum Gasteiger partial charge on any atom is -0.497 e. The number of anilines is 1. The molecule has 1 unspecified atom stereocenters. The van der Waals surface area contributed by atoms with Gasteiger partial charge in [0.2, 0.25) is 5.91 Å². The summed E-state index contributed by atoms with van der Waals surface area (Å²) >= 11 is 1.16. The van der Waals surface area contributed by atoms with E-state index in [1.54, 1.807) is 18.2 Å². The lowest BCUT2D eigenvalue weighted by Crippen LogP contribution is -2.44. The van der Waals surface area contributed by atoms with Crippen molar-refractivity contribution in [3.8, 4) is 22.9 Å². The number of methoxy groups -OCH3 is 2. The third kappa shape index (κ3) is 5.97. The standard InChI is InChI=1S/C33H31F2N5O4S/c1-19(20-8-5-4-6-9-20)36-30(41)26-10-7-15-39(26)33-37-28-31(45-33)38-29(24-14-12-22(34)16-25(24)35)40(32(28)42)18-21-11-13-23(43-2)17-27(21)44-3/h4-6,8-9,11-14,16-17,19,26H,7,10,15,18H2,1-3H3,(H,36,41)/t19-,26?/m1/s1. The van der Waals surface area contributed by atoms with Crippen molar-refractivity contribution < 1.29 is 23.0 Å². The van der Waals surface area contributed by atoms with Gasteiger partial charge in [-0.05, 0) is 49.6 Å². The Bertz CT molecular complexity index is 1930. The lowest BCUT2D eigenvalue weighted by Gasteiger charge is -2.25. The summed E-state index contributed by atoms with van der Waals surface area (Å²) in [4.78, 5) is 39.0. The van der Waals surface area contributed by atoms with Crippen molar-refractivity contribution >= 4 is 32.7 Å². The Balaban J connectivity index is 1.40. The molecular formula is C33H31F2N5O4S. The molecule has 0 bridgehead atoms. The highest BCUT2D eigenvalue weighted by atomic mass is 32.1. The molecule has 1 amide bonds. The summed E-state index contributed by atoms with van der Waals surface area (Å²) in [5.41, 5.74) is 1.17. The van der Waals surface area contributed by atoms with Gasteiger partial charge in [-0.25, -0.2) is 18.7 Å². The van der Waals surface area contributed by atoms with Gasteiger partial charge in [-0.1, -0.05) is 41.7 Å². The van der Waals surface area contributed by atoms with Crippen LogP contribution in [0.15, 0.2) is 71.5 Å². The first-order valence-corrected chi connectivity index (χ1v) is 15.3. The average Bonchev–Trinajstić information content (AvgIpc) is 3.71. The van der Waals surface area contributed by atoms with E-state index in [9.17, 15) is 14.0 Å². The Morgan fingerprint density at radius 2 is 1.87 bits per heavy atom. The first kappa shape index (κ1) is 30.2. The van der Waals surface area contributed by atoms with Crippen molar-refractivity contribution in [1.29, 1.82) is 0 Å². The van der Waals surface area contributed by atoms with E-state index in [2.05, 4.69) is 10.3 Å². The molecule has 3 heterocycles. The summed E-state index contributed by atoms with van der Waals surface area (Å²) in [6.45, 7) is 2.49. The Morgan fingerprint density at radius 1 is 1.07 bits per heavy atom. The SMILES string of the molecule is COc1ccc(Cn2c(-c3ccc(F)cc3F)nc3sc(N4CCCC4C(=O)N[C@H](C)c4ccccc4)nc3c2=O)c(OC)c1. The fourth-order valence-electron chi connectivity index (χ4n) is 5.60. The minimum absolute atomic E-state index is 0.0190. The molecular weight excluding hydrogens is 600 g/mol. The second-order valence-electron chi connectivity index (χ2n) is 10.8. The van der Waals surface area contributed by atoms with E-state index < -0.39 is 23.2 Å². The zero-order valence-corrected chi connectivity index (χ0v) is 25.7. The highest BCUT2D eigenvalue weighted by Crippen LogP contribution is 2.34. The largest absolute Gasteiger partial charge is 0.497 e. The number of halogens is 2. The zero-order chi connectivity index (χ0) is 31.7. The lowest BCUT2D eigenvalue weighted by molar-refractivity contribution is -0.122. The van der Waals surface area contributed by atoms with Crippen LogP contribution in [0.4, 0.5) is 13.9 Å². The monoisotopic (exact) mass is 631 g/mol. The van der Waals surface area contributed by atoms with Gasteiger partial charge in [0.25, 0.3) is 5.56 Å². The normalized spacial score (nSPS) is 15.3. The zero-order valence-electron chi connectivity index (χ0n) is 24.9. The summed E-state index contributed by atoms with van der Waals surface area (Å²) in [5, 5.41) is 3.58. The maximum Gasteiger partial charge on any atom is 0.281 e. The van der Waals surface area contributed by atoms with Gasteiger partial charge in [-0.15, -0.1) is 0 Å². The van der Waals surface area contributed by atoms with E-state index in [0.29, 0.717) is 35.2 Å². The molecule has 1 aliphatic rings. The van der Waals surface area contributed by atoms with Crippen LogP contribution in [0.25, 0.3) is 21.7 Å². The van der Waals surface area contributed by atoms with Crippen molar-refractivity contribution in [2.24, 2.45) is 0 Å². The summed E-state index contributed by atoms with van der Waals surface area (Å²) in [7, 11) is 3.03. The number of nitrogens with one attached hydrogen (secondary N) is 1. The van der Waals surface area contributed by atoms with Crippen molar-refractivity contribution in [2.75, 3.05) is 25.7 Å². The van der Waals surface area contributed by atoms with Crippen molar-refractivity contribution in [3.63, 3.8) is 0 Å². The average molecular weight is 632 g/mol. The van der Waals surface area contributed by atoms with E-state index in [0.717, 1.165) is 35.5 Å². The van der Waals surface area contributed by atoms with Crippen LogP contribution < -0.4 is 25.2 Å². The molecule has 232 valence electrons. The first-order valence-electron chi connectivity index (χ1n) is 14.5. The van der Waals surface area contributed by atoms with E-state index in [1.165, 1.54) is 24.9 Å². The van der Waals surface area contributed by atoms with Gasteiger partial charge >= 0.3 is 0 Å². The second kappa shape index (κ2) is 12.6. The number of nitrogens with zero attached hydrogens (tertiary/aromatic N) is 4. The Hall–Kier alpha value is -4.84. The number of aromatic nitrogens is 3. The van der Waals surface area contributed by atoms with Gasteiger partial charge in [-0.2, -0.15) is 0 Å². The maximum atomic E-state index is 15.1. The molecule has 2 aromatic heterocycles. The minimum atomic E-state index is -0.856. The van der Waals surface area contributed by atoms with E-state index >= 15 is 4.39 Å². The van der Waals surface area contributed by atoms with Crippen molar-refractivity contribution in [1.82, 2.24) is 19.9 Å². The van der Waals surface area contributed by atoms with Crippen molar-refractivity contribution in [2.45, 2.75) is 38.4 Å². The second-order valence-corrected chi connectivity index (χ2v) is 11.7. The number of amides is 1. The number of thiazole rings is 1. The van der Waals surface area contributed by atoms with Gasteiger partial charge in [0, 0.05) is 24.2 Å². The predicted molar refractivity (Wildman–Crippen MR) is 169 cm³/mol. The maximum absolute atomic E-state index is 15.1. The molecule has 9 nitrogen and oxygen atoms in total. The van der Waals surface area contributed by atoms with Crippen LogP contribution in [0.3, 0.4) is 0 Å². The van der Waals surface area contributed by atoms with Crippen LogP contribution >= 0.6 is 11.3 Å². The summed E-state index contributed by atoms with van der Waals surface area (Å²) in [6.07, 6.45) is 1.40. The Kier molecular flexibility index (Phi) is 8.48. The molecule has 1 aliphatic heterocycles. The molecule has 0 spiro atoms. The molecule has 0 aliphatic carbocycles. The number of hydrogen-bond donors (Lipinski definition) is 1. The third-order valence-corrected chi connectivity index (χ3v) is 8.95. The van der Waals surface area contributed by atoms with Crippen LogP contribution in [0.5, 0.6) is 11.5 Å². The number of carbonyl (C=O) groups excluding carboxylic acids is 1. The van der Waals surface area contributed by atoms with Crippen LogP contribution in [-0.2, 0) is 11.3 Å². The number of fused-ring (bicyclic) bond motifs is 1. The van der Waals surface area contributed by atoms with E-state index in [1.807, 2.05) is 42.2 Å². The summed E-state index contributed by atoms with van der Waals surface area (Å²) in [6, 6.07) is 17.3. The Morgan fingerprint density at radius 3 is 2.60 bits per heavy atom. The molecule has 3 aromatic carbocycles.